The Morgan fingerprint density at radius 2 is 1.82 bits per heavy atom. The highest BCUT2D eigenvalue weighted by Gasteiger charge is 2.50. The van der Waals surface area contributed by atoms with E-state index in [1.54, 1.807) is 23.1 Å². The summed E-state index contributed by atoms with van der Waals surface area (Å²) in [5, 5.41) is 15.4. The van der Waals surface area contributed by atoms with E-state index in [9.17, 15) is 19.5 Å². The van der Waals surface area contributed by atoms with Gasteiger partial charge >= 0.3 is 18.0 Å². The van der Waals surface area contributed by atoms with Gasteiger partial charge in [0.1, 0.15) is 11.4 Å². The number of hydrogen-bond donors (Lipinski definition) is 3. The van der Waals surface area contributed by atoms with Crippen LogP contribution in [0.15, 0.2) is 24.3 Å². The van der Waals surface area contributed by atoms with Crippen LogP contribution in [-0.4, -0.2) is 66.0 Å². The average Bonchev–Trinajstić information content (AvgIpc) is 2.78. The van der Waals surface area contributed by atoms with Gasteiger partial charge in [-0.2, -0.15) is 0 Å². The second kappa shape index (κ2) is 10.6. The molecule has 34 heavy (non-hydrogen) atoms. The number of urea groups is 1. The SMILES string of the molecule is Cc1cccc(OC(NC(=O)N2CCC(C(=O)OC(C)(C)C)(C3CCNCC3)CC2)C(=O)O)c1. The fourth-order valence-corrected chi connectivity index (χ4v) is 4.81. The number of nitrogens with one attached hydrogen (secondary N) is 2. The number of amides is 2. The summed E-state index contributed by atoms with van der Waals surface area (Å²) in [6.07, 6.45) is 1.22. The van der Waals surface area contributed by atoms with Crippen LogP contribution in [0, 0.1) is 18.3 Å². The maximum Gasteiger partial charge on any atom is 0.366 e. The van der Waals surface area contributed by atoms with E-state index < -0.39 is 29.2 Å². The number of hydrogen-bond acceptors (Lipinski definition) is 6. The average molecular weight is 476 g/mol. The smallest absolute Gasteiger partial charge is 0.366 e. The highest BCUT2D eigenvalue weighted by Crippen LogP contribution is 2.45. The van der Waals surface area contributed by atoms with Crippen LogP contribution in [0.2, 0.25) is 0 Å². The van der Waals surface area contributed by atoms with Crippen molar-refractivity contribution in [3.63, 3.8) is 0 Å². The van der Waals surface area contributed by atoms with Crippen molar-refractivity contribution in [1.29, 1.82) is 0 Å². The van der Waals surface area contributed by atoms with Crippen molar-refractivity contribution in [3.8, 4) is 5.75 Å². The molecule has 0 spiro atoms. The number of carboxylic acids is 1. The topological polar surface area (TPSA) is 117 Å². The van der Waals surface area contributed by atoms with E-state index in [0.29, 0.717) is 31.7 Å². The number of esters is 1. The van der Waals surface area contributed by atoms with E-state index in [4.69, 9.17) is 9.47 Å². The minimum atomic E-state index is -1.52. The molecule has 0 saturated carbocycles. The number of carboxylic acid groups (broad SMARTS) is 1. The number of benzene rings is 1. The van der Waals surface area contributed by atoms with Crippen molar-refractivity contribution in [2.24, 2.45) is 11.3 Å². The van der Waals surface area contributed by atoms with Gasteiger partial charge in [0.2, 0.25) is 0 Å². The van der Waals surface area contributed by atoms with Crippen LogP contribution < -0.4 is 15.4 Å². The predicted octanol–water partition coefficient (Wildman–Crippen LogP) is 2.92. The fraction of sp³-hybridized carbons (Fsp3) is 0.640. The molecular formula is C25H37N3O6. The third kappa shape index (κ3) is 6.40. The molecule has 3 rings (SSSR count). The molecule has 1 aromatic rings. The molecule has 2 amide bonds. The van der Waals surface area contributed by atoms with Gasteiger partial charge < -0.3 is 24.8 Å². The molecule has 2 aliphatic heterocycles. The second-order valence-corrected chi connectivity index (χ2v) is 10.3. The van der Waals surface area contributed by atoms with Crippen LogP contribution in [0.25, 0.3) is 0 Å². The molecule has 1 aromatic carbocycles. The zero-order chi connectivity index (χ0) is 24.9. The van der Waals surface area contributed by atoms with E-state index in [2.05, 4.69) is 10.6 Å². The van der Waals surface area contributed by atoms with Gasteiger partial charge in [0.15, 0.2) is 0 Å². The summed E-state index contributed by atoms with van der Waals surface area (Å²) in [5.41, 5.74) is -0.315. The van der Waals surface area contributed by atoms with E-state index >= 15 is 0 Å². The normalized spacial score (nSPS) is 19.7. The van der Waals surface area contributed by atoms with Crippen molar-refractivity contribution in [2.45, 2.75) is 65.2 Å². The van der Waals surface area contributed by atoms with E-state index in [-0.39, 0.29) is 11.9 Å². The molecule has 0 bridgehead atoms. The number of piperidine rings is 2. The molecule has 9 nitrogen and oxygen atoms in total. The standard InChI is InChI=1S/C25H37N3O6/c1-17-6-5-7-19(16-17)33-20(21(29)30)27-23(32)28-14-10-25(11-15-28,18-8-12-26-13-9-18)22(31)34-24(2,3)4/h5-7,16,18,20,26H,8-15H2,1-4H3,(H,27,32)(H,29,30). The Morgan fingerprint density at radius 1 is 1.18 bits per heavy atom. The minimum absolute atomic E-state index is 0.185. The van der Waals surface area contributed by atoms with E-state index in [1.165, 1.54) is 0 Å². The number of carbonyl (C=O) groups is 3. The molecule has 1 atom stereocenters. The van der Waals surface area contributed by atoms with Crippen molar-refractivity contribution in [3.05, 3.63) is 29.8 Å². The van der Waals surface area contributed by atoms with E-state index in [0.717, 1.165) is 31.5 Å². The van der Waals surface area contributed by atoms with Gasteiger partial charge in [-0.1, -0.05) is 12.1 Å². The van der Waals surface area contributed by atoms with Crippen LogP contribution >= 0.6 is 0 Å². The molecule has 9 heteroatoms. The molecule has 1 unspecified atom stereocenters. The Labute approximate surface area is 201 Å². The Hall–Kier alpha value is -2.81. The summed E-state index contributed by atoms with van der Waals surface area (Å²) in [4.78, 5) is 39.5. The number of carbonyl (C=O) groups excluding carboxylic acids is 2. The third-order valence-electron chi connectivity index (χ3n) is 6.59. The number of aliphatic carboxylic acids is 1. The summed E-state index contributed by atoms with van der Waals surface area (Å²) in [7, 11) is 0. The van der Waals surface area contributed by atoms with E-state index in [1.807, 2.05) is 33.8 Å². The van der Waals surface area contributed by atoms with Crippen molar-refractivity contribution < 1.29 is 29.0 Å². The van der Waals surface area contributed by atoms with Crippen LogP contribution in [0.4, 0.5) is 4.79 Å². The predicted molar refractivity (Wildman–Crippen MR) is 126 cm³/mol. The molecule has 2 heterocycles. The van der Waals surface area contributed by atoms with Crippen LogP contribution in [0.5, 0.6) is 5.75 Å². The van der Waals surface area contributed by atoms with Gasteiger partial charge in [0.25, 0.3) is 6.23 Å². The maximum atomic E-state index is 13.3. The number of ether oxygens (including phenoxy) is 2. The lowest BCUT2D eigenvalue weighted by atomic mass is 9.65. The second-order valence-electron chi connectivity index (χ2n) is 10.3. The maximum absolute atomic E-state index is 13.3. The van der Waals surface area contributed by atoms with Crippen LogP contribution in [-0.2, 0) is 14.3 Å². The largest absolute Gasteiger partial charge is 0.477 e. The van der Waals surface area contributed by atoms with Gasteiger partial charge in [0.05, 0.1) is 5.41 Å². The van der Waals surface area contributed by atoms with Gasteiger partial charge in [-0.15, -0.1) is 0 Å². The first-order chi connectivity index (χ1) is 16.0. The summed E-state index contributed by atoms with van der Waals surface area (Å²) in [5.74, 6) is -0.936. The lowest BCUT2D eigenvalue weighted by Crippen LogP contribution is -2.57. The molecule has 0 aromatic heterocycles. The van der Waals surface area contributed by atoms with Crippen molar-refractivity contribution in [2.75, 3.05) is 26.2 Å². The molecule has 3 N–H and O–H groups in total. The van der Waals surface area contributed by atoms with Gasteiger partial charge in [-0.3, -0.25) is 10.1 Å². The molecule has 188 valence electrons. The molecule has 0 aliphatic carbocycles. The highest BCUT2D eigenvalue weighted by atomic mass is 16.6. The lowest BCUT2D eigenvalue weighted by molar-refractivity contribution is -0.176. The monoisotopic (exact) mass is 475 g/mol. The number of nitrogens with zero attached hydrogens (tertiary/aromatic N) is 1. The number of aryl methyl sites for hydroxylation is 1. The van der Waals surface area contributed by atoms with Crippen molar-refractivity contribution >= 4 is 18.0 Å². The molecule has 2 fully saturated rings. The number of rotatable bonds is 6. The summed E-state index contributed by atoms with van der Waals surface area (Å²) < 4.78 is 11.3. The quantitative estimate of drug-likeness (QED) is 0.428. The Balaban J connectivity index is 1.67. The van der Waals surface area contributed by atoms with Gasteiger partial charge in [0, 0.05) is 13.1 Å². The zero-order valence-electron chi connectivity index (χ0n) is 20.6. The Kier molecular flexibility index (Phi) is 8.07. The third-order valence-corrected chi connectivity index (χ3v) is 6.59. The van der Waals surface area contributed by atoms with Gasteiger partial charge in [-0.25, -0.2) is 9.59 Å². The summed E-state index contributed by atoms with van der Waals surface area (Å²) in [6, 6.07) is 6.45. The number of likely N-dealkylation sites (tertiary alicyclic amines) is 1. The van der Waals surface area contributed by atoms with Crippen LogP contribution in [0.3, 0.4) is 0 Å². The Bertz CT molecular complexity index is 883. The fourth-order valence-electron chi connectivity index (χ4n) is 4.81. The molecule has 2 aliphatic rings. The molecule has 0 radical (unpaired) electrons. The highest BCUT2D eigenvalue weighted by molar-refractivity contribution is 5.82. The summed E-state index contributed by atoms with van der Waals surface area (Å²) in [6.45, 7) is 9.86. The van der Waals surface area contributed by atoms with Crippen molar-refractivity contribution in [1.82, 2.24) is 15.5 Å². The van der Waals surface area contributed by atoms with Gasteiger partial charge in [-0.05, 0) is 90.1 Å². The zero-order valence-corrected chi connectivity index (χ0v) is 20.6. The summed E-state index contributed by atoms with van der Waals surface area (Å²) >= 11 is 0. The lowest BCUT2D eigenvalue weighted by Gasteiger charge is -2.46. The minimum Gasteiger partial charge on any atom is -0.477 e. The first-order valence-corrected chi connectivity index (χ1v) is 12.0. The molecule has 2 saturated heterocycles. The molecular weight excluding hydrogens is 438 g/mol. The Morgan fingerprint density at radius 3 is 2.38 bits per heavy atom. The first-order valence-electron chi connectivity index (χ1n) is 12.0. The first kappa shape index (κ1) is 25.8. The van der Waals surface area contributed by atoms with Crippen LogP contribution in [0.1, 0.15) is 52.0 Å².